The van der Waals surface area contributed by atoms with E-state index in [0.29, 0.717) is 13.0 Å². The Morgan fingerprint density at radius 3 is 1.67 bits per heavy atom. The second kappa shape index (κ2) is 14.2. The highest BCUT2D eigenvalue weighted by atomic mass is 16.7. The number of hydrogen-bond donors (Lipinski definition) is 0. The SMILES string of the molecule is COc1cc([C@H]2OC(C3CC4OC3C(C)C(OCc3ccccc3)C4C)O[C@@H]2c2cc(OC)c(OC)cc2[N+](=O)[O-])c([N+](=O)[O-])cc1OC. The van der Waals surface area contributed by atoms with Gasteiger partial charge in [-0.15, -0.1) is 0 Å². The normalized spacial score (nSPS) is 27.9. The lowest BCUT2D eigenvalue weighted by Gasteiger charge is -2.40. The van der Waals surface area contributed by atoms with Gasteiger partial charge in [0, 0.05) is 17.8 Å². The van der Waals surface area contributed by atoms with Gasteiger partial charge in [0.15, 0.2) is 29.3 Å². The third kappa shape index (κ3) is 6.36. The van der Waals surface area contributed by atoms with E-state index < -0.39 is 28.3 Å². The lowest BCUT2D eigenvalue weighted by Crippen LogP contribution is -2.47. The Morgan fingerprint density at radius 1 is 0.714 bits per heavy atom. The third-order valence-electron chi connectivity index (χ3n) is 9.94. The molecule has 0 aromatic heterocycles. The summed E-state index contributed by atoms with van der Waals surface area (Å²) in [5.74, 6) is 0.422. The van der Waals surface area contributed by atoms with Gasteiger partial charge in [0.1, 0.15) is 12.2 Å². The molecule has 0 aliphatic carbocycles. The molecule has 6 unspecified atom stereocenters. The van der Waals surface area contributed by atoms with Crippen LogP contribution >= 0.6 is 0 Å². The Morgan fingerprint density at radius 2 is 1.20 bits per heavy atom. The molecule has 2 bridgehead atoms. The van der Waals surface area contributed by atoms with E-state index in [2.05, 4.69) is 13.8 Å². The van der Waals surface area contributed by atoms with Crippen LogP contribution < -0.4 is 18.9 Å². The Labute approximate surface area is 283 Å². The van der Waals surface area contributed by atoms with Crippen molar-refractivity contribution in [2.75, 3.05) is 28.4 Å². The minimum absolute atomic E-state index is 0.0574. The quantitative estimate of drug-likeness (QED) is 0.155. The third-order valence-corrected chi connectivity index (χ3v) is 9.94. The molecule has 8 atom stereocenters. The molecule has 0 N–H and O–H groups in total. The molecular formula is C35H40N2O12. The van der Waals surface area contributed by atoms with Crippen LogP contribution in [-0.2, 0) is 25.6 Å². The van der Waals surface area contributed by atoms with Crippen molar-refractivity contribution in [3.05, 3.63) is 91.5 Å². The minimum Gasteiger partial charge on any atom is -0.493 e. The van der Waals surface area contributed by atoms with Crippen molar-refractivity contribution >= 4 is 11.4 Å². The van der Waals surface area contributed by atoms with Crippen LogP contribution in [0.3, 0.4) is 0 Å². The van der Waals surface area contributed by atoms with Gasteiger partial charge in [-0.05, 0) is 24.1 Å². The molecule has 6 rings (SSSR count). The standard InChI is InChI=1S/C35H40N2O12/c1-18-26-14-23(32(47-26)19(2)31(18)46-17-20-10-8-7-9-11-20)35-48-33(21-12-27(42-3)29(44-5)15-24(21)36(38)39)34(49-35)22-13-28(43-4)30(45-6)16-25(22)37(40)41/h7-13,15-16,18-19,23,26,31-35H,14,17H2,1-6H3/t18?,19?,23?,26?,31?,32?,33-,34-/m1/s1. The summed E-state index contributed by atoms with van der Waals surface area (Å²) in [5, 5.41) is 24.9. The first-order chi connectivity index (χ1) is 23.6. The number of nitro groups is 2. The van der Waals surface area contributed by atoms with Gasteiger partial charge in [0.25, 0.3) is 11.4 Å². The van der Waals surface area contributed by atoms with Gasteiger partial charge in [0.05, 0.1) is 86.5 Å². The molecule has 262 valence electrons. The Bertz CT molecular complexity index is 1610. The van der Waals surface area contributed by atoms with E-state index in [0.717, 1.165) is 5.56 Å². The maximum absolute atomic E-state index is 12.4. The number of hydrogen-bond acceptors (Lipinski definition) is 12. The molecule has 3 saturated heterocycles. The monoisotopic (exact) mass is 680 g/mol. The summed E-state index contributed by atoms with van der Waals surface area (Å²) >= 11 is 0. The van der Waals surface area contributed by atoms with Crippen molar-refractivity contribution in [3.63, 3.8) is 0 Å². The maximum Gasteiger partial charge on any atom is 0.279 e. The summed E-state index contributed by atoms with van der Waals surface area (Å²) in [7, 11) is 5.57. The zero-order chi connectivity index (χ0) is 35.0. The number of methoxy groups -OCH3 is 4. The molecule has 0 saturated carbocycles. The molecule has 3 aliphatic rings. The first-order valence-electron chi connectivity index (χ1n) is 16.0. The minimum atomic E-state index is -1.17. The molecule has 14 nitrogen and oxygen atoms in total. The fourth-order valence-corrected chi connectivity index (χ4v) is 7.51. The van der Waals surface area contributed by atoms with Gasteiger partial charge >= 0.3 is 0 Å². The highest BCUT2D eigenvalue weighted by Crippen LogP contribution is 2.55. The van der Waals surface area contributed by atoms with Gasteiger partial charge in [-0.2, -0.15) is 0 Å². The van der Waals surface area contributed by atoms with E-state index in [1.165, 1.54) is 52.7 Å². The van der Waals surface area contributed by atoms with Crippen molar-refractivity contribution in [3.8, 4) is 23.0 Å². The summed E-state index contributed by atoms with van der Waals surface area (Å²) in [6.07, 6.45) is -3.28. The summed E-state index contributed by atoms with van der Waals surface area (Å²) in [6.45, 7) is 4.64. The number of rotatable bonds is 12. The molecule has 3 aromatic carbocycles. The van der Waals surface area contributed by atoms with E-state index >= 15 is 0 Å². The van der Waals surface area contributed by atoms with E-state index in [9.17, 15) is 20.2 Å². The number of benzene rings is 3. The predicted molar refractivity (Wildman–Crippen MR) is 174 cm³/mol. The average molecular weight is 681 g/mol. The zero-order valence-electron chi connectivity index (χ0n) is 28.1. The van der Waals surface area contributed by atoms with Crippen LogP contribution in [0, 0.1) is 38.0 Å². The van der Waals surface area contributed by atoms with E-state index in [4.69, 9.17) is 37.9 Å². The summed E-state index contributed by atoms with van der Waals surface area (Å²) in [5.41, 5.74) is 0.632. The highest BCUT2D eigenvalue weighted by Gasteiger charge is 2.57. The van der Waals surface area contributed by atoms with Crippen molar-refractivity contribution in [2.45, 2.75) is 63.7 Å². The van der Waals surface area contributed by atoms with Crippen LogP contribution in [0.15, 0.2) is 54.6 Å². The lowest BCUT2D eigenvalue weighted by atomic mass is 9.85. The smallest absolute Gasteiger partial charge is 0.279 e. The van der Waals surface area contributed by atoms with Crippen molar-refractivity contribution in [2.24, 2.45) is 17.8 Å². The fourth-order valence-electron chi connectivity index (χ4n) is 7.51. The summed E-state index contributed by atoms with van der Waals surface area (Å²) in [4.78, 5) is 23.8. The van der Waals surface area contributed by atoms with Crippen LogP contribution in [0.5, 0.6) is 23.0 Å². The van der Waals surface area contributed by atoms with Crippen LogP contribution in [-0.4, -0.2) is 62.9 Å². The Balaban J connectivity index is 1.40. The summed E-state index contributed by atoms with van der Waals surface area (Å²) in [6, 6.07) is 15.3. The molecule has 3 heterocycles. The topological polar surface area (TPSA) is 160 Å². The zero-order valence-corrected chi connectivity index (χ0v) is 28.1. The molecule has 3 aromatic rings. The van der Waals surface area contributed by atoms with Gasteiger partial charge in [-0.25, -0.2) is 0 Å². The fraction of sp³-hybridized carbons (Fsp3) is 0.486. The van der Waals surface area contributed by atoms with Crippen molar-refractivity contribution in [1.82, 2.24) is 0 Å². The average Bonchev–Trinajstić information content (AvgIpc) is 3.74. The van der Waals surface area contributed by atoms with Crippen LogP contribution in [0.1, 0.15) is 49.2 Å². The lowest BCUT2D eigenvalue weighted by molar-refractivity contribution is -0.387. The van der Waals surface area contributed by atoms with Gasteiger partial charge in [-0.3, -0.25) is 20.2 Å². The van der Waals surface area contributed by atoms with Gasteiger partial charge in [-0.1, -0.05) is 44.2 Å². The Hall–Kier alpha value is -4.50. The number of nitrogens with zero attached hydrogens (tertiary/aromatic N) is 2. The van der Waals surface area contributed by atoms with E-state index in [1.807, 2.05) is 30.3 Å². The van der Waals surface area contributed by atoms with Gasteiger partial charge in [0.2, 0.25) is 0 Å². The maximum atomic E-state index is 12.4. The molecule has 3 fully saturated rings. The number of nitro benzene ring substituents is 2. The summed E-state index contributed by atoms with van der Waals surface area (Å²) < 4.78 is 48.0. The van der Waals surface area contributed by atoms with Gasteiger partial charge < -0.3 is 37.9 Å². The molecular weight excluding hydrogens is 640 g/mol. The number of fused-ring (bicyclic) bond motifs is 2. The van der Waals surface area contributed by atoms with Crippen molar-refractivity contribution in [1.29, 1.82) is 0 Å². The highest BCUT2D eigenvalue weighted by molar-refractivity contribution is 5.59. The second-order valence-corrected chi connectivity index (χ2v) is 12.5. The Kier molecular flexibility index (Phi) is 9.93. The predicted octanol–water partition coefficient (Wildman–Crippen LogP) is 6.34. The first kappa shape index (κ1) is 34.4. The van der Waals surface area contributed by atoms with Crippen molar-refractivity contribution < 1.29 is 47.7 Å². The van der Waals surface area contributed by atoms with E-state index in [-0.39, 0.29) is 81.6 Å². The molecule has 0 radical (unpaired) electrons. The number of ether oxygens (including phenoxy) is 8. The molecule has 3 aliphatic heterocycles. The largest absolute Gasteiger partial charge is 0.493 e. The van der Waals surface area contributed by atoms with E-state index in [1.54, 1.807) is 0 Å². The van der Waals surface area contributed by atoms with Crippen LogP contribution in [0.25, 0.3) is 0 Å². The van der Waals surface area contributed by atoms with Crippen LogP contribution in [0.4, 0.5) is 11.4 Å². The molecule has 14 heteroatoms. The molecule has 0 amide bonds. The van der Waals surface area contributed by atoms with Crippen LogP contribution in [0.2, 0.25) is 0 Å². The first-order valence-corrected chi connectivity index (χ1v) is 16.0. The second-order valence-electron chi connectivity index (χ2n) is 12.5. The molecule has 49 heavy (non-hydrogen) atoms. The molecule has 0 spiro atoms.